The summed E-state index contributed by atoms with van der Waals surface area (Å²) in [7, 11) is 1.61. The summed E-state index contributed by atoms with van der Waals surface area (Å²) < 4.78 is 8.88. The van der Waals surface area contributed by atoms with Crippen molar-refractivity contribution in [2.24, 2.45) is 0 Å². The van der Waals surface area contributed by atoms with Gasteiger partial charge in [0.15, 0.2) is 0 Å². The normalized spacial score (nSPS) is 14.6. The number of benzene rings is 1. The first kappa shape index (κ1) is 16.2. The minimum atomic E-state index is -0.310. The van der Waals surface area contributed by atoms with Crippen LogP contribution in [0, 0.1) is 0 Å². The first-order valence-electron chi connectivity index (χ1n) is 7.39. The summed E-state index contributed by atoms with van der Waals surface area (Å²) in [4.78, 5) is 27.7. The number of piperazine rings is 1. The molecule has 0 aliphatic carbocycles. The fraction of sp³-hybridized carbons (Fsp3) is 0.333. The third-order valence-corrected chi connectivity index (χ3v) is 4.28. The molecule has 1 fully saturated rings. The number of hydrogen-bond donors (Lipinski definition) is 1. The Labute approximate surface area is 143 Å². The lowest BCUT2D eigenvalue weighted by atomic mass is 10.2. The minimum Gasteiger partial charge on any atom is -0.497 e. The highest BCUT2D eigenvalue weighted by Crippen LogP contribution is 2.16. The van der Waals surface area contributed by atoms with Crippen molar-refractivity contribution in [2.75, 3.05) is 32.1 Å². The third-order valence-electron chi connectivity index (χ3n) is 3.70. The molecule has 24 heavy (non-hydrogen) atoms. The zero-order chi connectivity index (χ0) is 16.9. The largest absolute Gasteiger partial charge is 0.497 e. The van der Waals surface area contributed by atoms with Gasteiger partial charge in [0.25, 0.3) is 0 Å². The van der Waals surface area contributed by atoms with Crippen molar-refractivity contribution in [1.82, 2.24) is 19.4 Å². The molecule has 126 valence electrons. The van der Waals surface area contributed by atoms with E-state index in [1.165, 1.54) is 11.1 Å². The molecule has 9 heteroatoms. The van der Waals surface area contributed by atoms with Gasteiger partial charge in [-0.05, 0) is 17.7 Å². The van der Waals surface area contributed by atoms with Gasteiger partial charge in [-0.2, -0.15) is 0 Å². The van der Waals surface area contributed by atoms with E-state index in [9.17, 15) is 9.59 Å². The number of carbonyl (C=O) groups is 2. The van der Waals surface area contributed by atoms with Gasteiger partial charge >= 0.3 is 6.03 Å². The number of methoxy groups -OCH3 is 1. The maximum absolute atomic E-state index is 12.3. The molecule has 1 aromatic heterocycles. The van der Waals surface area contributed by atoms with Gasteiger partial charge in [0.2, 0.25) is 5.91 Å². The number of carbonyl (C=O) groups excluding carboxylic acids is 2. The molecule has 1 saturated heterocycles. The summed E-state index contributed by atoms with van der Waals surface area (Å²) in [5.74, 6) is 0.678. The maximum atomic E-state index is 12.3. The number of anilines is 1. The van der Waals surface area contributed by atoms with Crippen LogP contribution in [-0.2, 0) is 11.3 Å². The topological polar surface area (TPSA) is 87.7 Å². The highest BCUT2D eigenvalue weighted by Gasteiger charge is 2.27. The molecule has 1 N–H and O–H groups in total. The van der Waals surface area contributed by atoms with Crippen LogP contribution in [0.25, 0.3) is 0 Å². The van der Waals surface area contributed by atoms with Crippen LogP contribution in [0.1, 0.15) is 5.56 Å². The standard InChI is InChI=1S/C15H17N5O3S/c1-23-12-4-2-3-11(7-12)9-19-5-6-20(10-14(19)21)15(22)17-13-8-16-18-24-13/h2-4,7-8H,5-6,9-10H2,1H3,(H,17,22). The summed E-state index contributed by atoms with van der Waals surface area (Å²) in [5, 5.41) is 6.90. The minimum absolute atomic E-state index is 0.0576. The van der Waals surface area contributed by atoms with Crippen LogP contribution < -0.4 is 10.1 Å². The Morgan fingerprint density at radius 3 is 3.00 bits per heavy atom. The molecule has 1 aromatic carbocycles. The Hall–Kier alpha value is -2.68. The first-order valence-corrected chi connectivity index (χ1v) is 8.17. The highest BCUT2D eigenvalue weighted by molar-refractivity contribution is 7.10. The van der Waals surface area contributed by atoms with Crippen LogP contribution >= 0.6 is 11.5 Å². The van der Waals surface area contributed by atoms with E-state index in [2.05, 4.69) is 14.9 Å². The predicted molar refractivity (Wildman–Crippen MR) is 88.9 cm³/mol. The second kappa shape index (κ2) is 7.26. The van der Waals surface area contributed by atoms with E-state index in [0.717, 1.165) is 22.8 Å². The van der Waals surface area contributed by atoms with Gasteiger partial charge in [-0.15, -0.1) is 5.10 Å². The van der Waals surface area contributed by atoms with Gasteiger partial charge in [0.1, 0.15) is 17.3 Å². The fourth-order valence-corrected chi connectivity index (χ4v) is 2.86. The van der Waals surface area contributed by atoms with Gasteiger partial charge in [-0.1, -0.05) is 16.6 Å². The zero-order valence-electron chi connectivity index (χ0n) is 13.1. The summed E-state index contributed by atoms with van der Waals surface area (Å²) >= 11 is 1.09. The van der Waals surface area contributed by atoms with Gasteiger partial charge in [-0.3, -0.25) is 10.1 Å². The maximum Gasteiger partial charge on any atom is 0.323 e. The lowest BCUT2D eigenvalue weighted by Crippen LogP contribution is -2.52. The summed E-state index contributed by atoms with van der Waals surface area (Å²) in [6.45, 7) is 1.53. The number of amides is 3. The molecule has 0 bridgehead atoms. The molecule has 3 rings (SSSR count). The van der Waals surface area contributed by atoms with Crippen LogP contribution in [0.5, 0.6) is 5.75 Å². The Morgan fingerprint density at radius 1 is 1.42 bits per heavy atom. The molecule has 0 unspecified atom stereocenters. The molecule has 2 aromatic rings. The van der Waals surface area contributed by atoms with Crippen molar-refractivity contribution in [1.29, 1.82) is 0 Å². The van der Waals surface area contributed by atoms with Gasteiger partial charge in [0.05, 0.1) is 13.3 Å². The molecule has 0 radical (unpaired) electrons. The Morgan fingerprint density at radius 2 is 2.29 bits per heavy atom. The van der Waals surface area contributed by atoms with Crippen molar-refractivity contribution in [3.05, 3.63) is 36.0 Å². The van der Waals surface area contributed by atoms with Crippen LogP contribution in [0.2, 0.25) is 0 Å². The van der Waals surface area contributed by atoms with Crippen LogP contribution in [0.15, 0.2) is 30.5 Å². The Kier molecular flexibility index (Phi) is 4.90. The number of nitrogens with zero attached hydrogens (tertiary/aromatic N) is 4. The first-order chi connectivity index (χ1) is 11.7. The lowest BCUT2D eigenvalue weighted by Gasteiger charge is -2.34. The van der Waals surface area contributed by atoms with E-state index < -0.39 is 0 Å². The van der Waals surface area contributed by atoms with E-state index in [1.807, 2.05) is 24.3 Å². The second-order valence-electron chi connectivity index (χ2n) is 5.30. The SMILES string of the molecule is COc1cccc(CN2CCN(C(=O)Nc3cnns3)CC2=O)c1. The molecule has 0 spiro atoms. The molecule has 8 nitrogen and oxygen atoms in total. The van der Waals surface area contributed by atoms with Crippen molar-refractivity contribution >= 4 is 28.5 Å². The van der Waals surface area contributed by atoms with E-state index >= 15 is 0 Å². The van der Waals surface area contributed by atoms with Crippen molar-refractivity contribution in [3.63, 3.8) is 0 Å². The number of hydrogen-bond acceptors (Lipinski definition) is 6. The highest BCUT2D eigenvalue weighted by atomic mass is 32.1. The molecule has 2 heterocycles. The number of urea groups is 1. The number of aromatic nitrogens is 2. The van der Waals surface area contributed by atoms with Crippen LogP contribution in [0.3, 0.4) is 0 Å². The second-order valence-corrected chi connectivity index (χ2v) is 6.09. The van der Waals surface area contributed by atoms with Gasteiger partial charge in [-0.25, -0.2) is 4.79 Å². The van der Waals surface area contributed by atoms with Gasteiger partial charge in [0, 0.05) is 31.2 Å². The monoisotopic (exact) mass is 347 g/mol. The molecule has 1 aliphatic rings. The molecule has 0 saturated carbocycles. The molecular weight excluding hydrogens is 330 g/mol. The number of nitrogens with one attached hydrogen (secondary N) is 1. The van der Waals surface area contributed by atoms with Crippen molar-refractivity contribution in [3.8, 4) is 5.75 Å². The summed E-state index contributed by atoms with van der Waals surface area (Å²) in [5.41, 5.74) is 0.997. The third kappa shape index (κ3) is 3.80. The Balaban J connectivity index is 1.56. The van der Waals surface area contributed by atoms with E-state index in [4.69, 9.17) is 4.74 Å². The van der Waals surface area contributed by atoms with E-state index in [1.54, 1.807) is 12.0 Å². The van der Waals surface area contributed by atoms with Crippen LogP contribution in [-0.4, -0.2) is 58.1 Å². The average Bonchev–Trinajstić information content (AvgIpc) is 3.10. The number of rotatable bonds is 4. The lowest BCUT2D eigenvalue weighted by molar-refractivity contribution is -0.135. The summed E-state index contributed by atoms with van der Waals surface area (Å²) in [6, 6.07) is 7.30. The molecule has 1 aliphatic heterocycles. The Bertz CT molecular complexity index is 722. The zero-order valence-corrected chi connectivity index (χ0v) is 14.0. The van der Waals surface area contributed by atoms with E-state index in [0.29, 0.717) is 24.6 Å². The van der Waals surface area contributed by atoms with Crippen molar-refractivity contribution < 1.29 is 14.3 Å². The molecule has 3 amide bonds. The fourth-order valence-electron chi connectivity index (χ4n) is 2.45. The molecular formula is C15H17N5O3S. The summed E-state index contributed by atoms with van der Waals surface area (Å²) in [6.07, 6.45) is 1.48. The van der Waals surface area contributed by atoms with Crippen LogP contribution in [0.4, 0.5) is 9.80 Å². The van der Waals surface area contributed by atoms with E-state index in [-0.39, 0.29) is 18.5 Å². The predicted octanol–water partition coefficient (Wildman–Crippen LogP) is 1.42. The average molecular weight is 347 g/mol. The van der Waals surface area contributed by atoms with Crippen molar-refractivity contribution in [2.45, 2.75) is 6.54 Å². The smallest absolute Gasteiger partial charge is 0.323 e. The van der Waals surface area contributed by atoms with Gasteiger partial charge < -0.3 is 14.5 Å². The number of ether oxygens (including phenoxy) is 1. The molecule has 0 atom stereocenters. The quantitative estimate of drug-likeness (QED) is 0.904.